The van der Waals surface area contributed by atoms with Crippen LogP contribution in [0.5, 0.6) is 0 Å². The van der Waals surface area contributed by atoms with Gasteiger partial charge in [0, 0.05) is 5.69 Å². The SMILES string of the molecule is CCC1(C)CCN(CC(=O)Nc2cccc(C#N)c2)CC1. The summed E-state index contributed by atoms with van der Waals surface area (Å²) < 4.78 is 0. The van der Waals surface area contributed by atoms with E-state index in [2.05, 4.69) is 30.1 Å². The Bertz CT molecular complexity index is 539. The highest BCUT2D eigenvalue weighted by atomic mass is 16.2. The second kappa shape index (κ2) is 6.73. The van der Waals surface area contributed by atoms with Crippen molar-refractivity contribution in [2.75, 3.05) is 25.0 Å². The van der Waals surface area contributed by atoms with Gasteiger partial charge in [-0.05, 0) is 49.5 Å². The molecule has 0 saturated carbocycles. The number of rotatable bonds is 4. The summed E-state index contributed by atoms with van der Waals surface area (Å²) >= 11 is 0. The number of nitrogens with one attached hydrogen (secondary N) is 1. The van der Waals surface area contributed by atoms with Crippen LogP contribution in [0.2, 0.25) is 0 Å². The van der Waals surface area contributed by atoms with Crippen molar-refractivity contribution in [1.29, 1.82) is 5.26 Å². The van der Waals surface area contributed by atoms with E-state index in [1.807, 2.05) is 6.07 Å². The minimum absolute atomic E-state index is 0.00908. The van der Waals surface area contributed by atoms with Crippen molar-refractivity contribution in [2.24, 2.45) is 5.41 Å². The van der Waals surface area contributed by atoms with Crippen LogP contribution in [-0.2, 0) is 4.79 Å². The number of nitriles is 1. The molecule has 0 spiro atoms. The maximum Gasteiger partial charge on any atom is 0.238 e. The van der Waals surface area contributed by atoms with Crippen LogP contribution in [0, 0.1) is 16.7 Å². The van der Waals surface area contributed by atoms with E-state index in [4.69, 9.17) is 5.26 Å². The van der Waals surface area contributed by atoms with Crippen molar-refractivity contribution < 1.29 is 4.79 Å². The summed E-state index contributed by atoms with van der Waals surface area (Å²) in [5.74, 6) is -0.00908. The Morgan fingerprint density at radius 1 is 1.43 bits per heavy atom. The van der Waals surface area contributed by atoms with E-state index in [1.54, 1.807) is 18.2 Å². The third-order valence-electron chi connectivity index (χ3n) is 4.56. The first-order valence-electron chi connectivity index (χ1n) is 7.57. The Labute approximate surface area is 126 Å². The maximum absolute atomic E-state index is 12.1. The molecule has 1 aromatic carbocycles. The van der Waals surface area contributed by atoms with Gasteiger partial charge in [0.15, 0.2) is 0 Å². The fraction of sp³-hybridized carbons (Fsp3) is 0.529. The molecule has 1 aromatic rings. The number of amides is 1. The predicted octanol–water partition coefficient (Wildman–Crippen LogP) is 3.01. The van der Waals surface area contributed by atoms with Crippen molar-refractivity contribution in [3.05, 3.63) is 29.8 Å². The summed E-state index contributed by atoms with van der Waals surface area (Å²) in [7, 11) is 0. The number of piperidine rings is 1. The van der Waals surface area contributed by atoms with Gasteiger partial charge in [0.2, 0.25) is 5.91 Å². The van der Waals surface area contributed by atoms with Gasteiger partial charge in [-0.25, -0.2) is 0 Å². The molecule has 0 atom stereocenters. The number of carbonyl (C=O) groups excluding carboxylic acids is 1. The van der Waals surface area contributed by atoms with E-state index in [-0.39, 0.29) is 5.91 Å². The number of nitrogens with zero attached hydrogens (tertiary/aromatic N) is 2. The average Bonchev–Trinajstić information content (AvgIpc) is 2.50. The van der Waals surface area contributed by atoms with E-state index >= 15 is 0 Å². The molecule has 4 heteroatoms. The topological polar surface area (TPSA) is 56.1 Å². The van der Waals surface area contributed by atoms with Crippen LogP contribution >= 0.6 is 0 Å². The lowest BCUT2D eigenvalue weighted by molar-refractivity contribution is -0.117. The zero-order chi connectivity index (χ0) is 15.3. The quantitative estimate of drug-likeness (QED) is 0.925. The molecule has 1 amide bonds. The van der Waals surface area contributed by atoms with Gasteiger partial charge < -0.3 is 5.32 Å². The number of benzene rings is 1. The van der Waals surface area contributed by atoms with Gasteiger partial charge in [-0.1, -0.05) is 26.3 Å². The molecule has 0 aliphatic carbocycles. The molecule has 1 N–H and O–H groups in total. The summed E-state index contributed by atoms with van der Waals surface area (Å²) in [4.78, 5) is 14.3. The smallest absolute Gasteiger partial charge is 0.238 e. The Morgan fingerprint density at radius 3 is 2.76 bits per heavy atom. The number of carbonyl (C=O) groups is 1. The van der Waals surface area contributed by atoms with Crippen molar-refractivity contribution in [3.8, 4) is 6.07 Å². The molecule has 0 aromatic heterocycles. The Hall–Kier alpha value is -1.86. The number of anilines is 1. The highest BCUT2D eigenvalue weighted by Crippen LogP contribution is 2.33. The van der Waals surface area contributed by atoms with Crippen molar-refractivity contribution in [1.82, 2.24) is 4.90 Å². The lowest BCUT2D eigenvalue weighted by atomic mass is 9.78. The van der Waals surface area contributed by atoms with Crippen LogP contribution < -0.4 is 5.32 Å². The van der Waals surface area contributed by atoms with Crippen LogP contribution in [0.4, 0.5) is 5.69 Å². The van der Waals surface area contributed by atoms with E-state index in [9.17, 15) is 4.79 Å². The van der Waals surface area contributed by atoms with Gasteiger partial charge in [-0.2, -0.15) is 5.26 Å². The highest BCUT2D eigenvalue weighted by Gasteiger charge is 2.28. The van der Waals surface area contributed by atoms with Crippen LogP contribution in [0.1, 0.15) is 38.7 Å². The lowest BCUT2D eigenvalue weighted by Crippen LogP contribution is -2.42. The van der Waals surface area contributed by atoms with E-state index in [0.29, 0.717) is 23.2 Å². The molecule has 1 aliphatic rings. The van der Waals surface area contributed by atoms with Crippen molar-refractivity contribution in [2.45, 2.75) is 33.1 Å². The average molecular weight is 285 g/mol. The molecule has 1 aliphatic heterocycles. The Kier molecular flexibility index (Phi) is 4.98. The molecule has 21 heavy (non-hydrogen) atoms. The molecule has 0 radical (unpaired) electrons. The summed E-state index contributed by atoms with van der Waals surface area (Å²) in [6, 6.07) is 9.09. The lowest BCUT2D eigenvalue weighted by Gasteiger charge is -2.38. The second-order valence-electron chi connectivity index (χ2n) is 6.18. The summed E-state index contributed by atoms with van der Waals surface area (Å²) in [5, 5.41) is 11.7. The number of hydrogen-bond donors (Lipinski definition) is 1. The minimum atomic E-state index is -0.00908. The maximum atomic E-state index is 12.1. The van der Waals surface area contributed by atoms with Gasteiger partial charge in [0.05, 0.1) is 18.2 Å². The van der Waals surface area contributed by atoms with E-state index in [1.165, 1.54) is 6.42 Å². The number of hydrogen-bond acceptors (Lipinski definition) is 3. The summed E-state index contributed by atoms with van der Waals surface area (Å²) in [6.07, 6.45) is 3.51. The van der Waals surface area contributed by atoms with Crippen LogP contribution in [-0.4, -0.2) is 30.4 Å². The largest absolute Gasteiger partial charge is 0.325 e. The molecule has 0 unspecified atom stereocenters. The molecule has 2 rings (SSSR count). The first-order chi connectivity index (χ1) is 10.0. The first-order valence-corrected chi connectivity index (χ1v) is 7.57. The minimum Gasteiger partial charge on any atom is -0.325 e. The third-order valence-corrected chi connectivity index (χ3v) is 4.56. The summed E-state index contributed by atoms with van der Waals surface area (Å²) in [5.41, 5.74) is 1.69. The zero-order valence-electron chi connectivity index (χ0n) is 12.9. The normalized spacial score (nSPS) is 18.0. The molecule has 4 nitrogen and oxygen atoms in total. The monoisotopic (exact) mass is 285 g/mol. The molecule has 1 fully saturated rings. The van der Waals surface area contributed by atoms with Gasteiger partial charge in [0.25, 0.3) is 0 Å². The van der Waals surface area contributed by atoms with Crippen molar-refractivity contribution in [3.63, 3.8) is 0 Å². The highest BCUT2D eigenvalue weighted by molar-refractivity contribution is 5.92. The fourth-order valence-electron chi connectivity index (χ4n) is 2.67. The Balaban J connectivity index is 1.84. The molecule has 1 heterocycles. The molecule has 0 bridgehead atoms. The van der Waals surface area contributed by atoms with E-state index in [0.717, 1.165) is 25.9 Å². The fourth-order valence-corrected chi connectivity index (χ4v) is 2.67. The molecule has 112 valence electrons. The second-order valence-corrected chi connectivity index (χ2v) is 6.18. The standard InChI is InChI=1S/C17H23N3O/c1-3-17(2)7-9-20(10-8-17)13-16(21)19-15-6-4-5-14(11-15)12-18/h4-6,11H,3,7-10,13H2,1-2H3,(H,19,21). The molecular formula is C17H23N3O. The van der Waals surface area contributed by atoms with E-state index < -0.39 is 0 Å². The van der Waals surface area contributed by atoms with Crippen molar-refractivity contribution >= 4 is 11.6 Å². The van der Waals surface area contributed by atoms with Gasteiger partial charge >= 0.3 is 0 Å². The molecular weight excluding hydrogens is 262 g/mol. The number of likely N-dealkylation sites (tertiary alicyclic amines) is 1. The summed E-state index contributed by atoms with van der Waals surface area (Å²) in [6.45, 7) is 6.96. The Morgan fingerprint density at radius 2 is 2.14 bits per heavy atom. The van der Waals surface area contributed by atoms with Crippen LogP contribution in [0.15, 0.2) is 24.3 Å². The van der Waals surface area contributed by atoms with Gasteiger partial charge in [0.1, 0.15) is 0 Å². The van der Waals surface area contributed by atoms with Crippen LogP contribution in [0.25, 0.3) is 0 Å². The predicted molar refractivity (Wildman–Crippen MR) is 83.9 cm³/mol. The molecule has 1 saturated heterocycles. The van der Waals surface area contributed by atoms with Gasteiger partial charge in [-0.3, -0.25) is 9.69 Å². The third kappa shape index (κ3) is 4.30. The van der Waals surface area contributed by atoms with Crippen LogP contribution in [0.3, 0.4) is 0 Å². The zero-order valence-corrected chi connectivity index (χ0v) is 12.9. The van der Waals surface area contributed by atoms with Gasteiger partial charge in [-0.15, -0.1) is 0 Å². The first kappa shape index (κ1) is 15.5.